The number of anilines is 2. The fourth-order valence-corrected chi connectivity index (χ4v) is 14.0. The number of aromatic nitrogens is 10. The van der Waals surface area contributed by atoms with E-state index in [4.69, 9.17) is 53.5 Å². The molecular formula is C34H48N12O24P4. The molecule has 11 N–H and O–H groups in total. The van der Waals surface area contributed by atoms with Crippen LogP contribution in [0.5, 0.6) is 0 Å². The third-order valence-electron chi connectivity index (χ3n) is 11.9. The number of nitrogens with two attached hydrogens (primary N) is 2. The lowest BCUT2D eigenvalue weighted by Crippen LogP contribution is -2.46. The van der Waals surface area contributed by atoms with E-state index in [0.717, 1.165) is 41.2 Å². The van der Waals surface area contributed by atoms with Gasteiger partial charge in [-0.15, -0.1) is 0 Å². The number of hydrogen-bond acceptors (Lipinski definition) is 27. The van der Waals surface area contributed by atoms with Crippen LogP contribution in [0.3, 0.4) is 0 Å². The normalized spacial score (nSPS) is 30.6. The minimum Gasteiger partial charge on any atom is -0.778 e. The van der Waals surface area contributed by atoms with Gasteiger partial charge in [-0.2, -0.15) is 8.62 Å². The van der Waals surface area contributed by atoms with Gasteiger partial charge in [-0.05, 0) is 0 Å². The van der Waals surface area contributed by atoms with Crippen molar-refractivity contribution in [3.8, 4) is 0 Å². The topological polar surface area (TPSA) is 499 Å². The number of aromatic amines is 2. The predicted molar refractivity (Wildman–Crippen MR) is 239 cm³/mol. The molecule has 0 spiro atoms. The molecule has 3 aliphatic heterocycles. The number of aliphatic hydroxyl groups is 2. The van der Waals surface area contributed by atoms with Crippen molar-refractivity contribution in [3.63, 3.8) is 0 Å². The largest absolute Gasteiger partial charge is 0.778 e. The Labute approximate surface area is 412 Å². The van der Waals surface area contributed by atoms with Crippen LogP contribution in [-0.2, 0) is 75.9 Å². The van der Waals surface area contributed by atoms with Crippen LogP contribution in [0.25, 0.3) is 22.3 Å². The molecule has 408 valence electrons. The molecule has 8 heterocycles. The van der Waals surface area contributed by atoms with Crippen LogP contribution in [0.15, 0.2) is 45.6 Å². The average Bonchev–Trinajstić information content (AvgIpc) is 4.12. The summed E-state index contributed by atoms with van der Waals surface area (Å²) < 4.78 is 116. The van der Waals surface area contributed by atoms with E-state index in [0.29, 0.717) is 0 Å². The first-order chi connectivity index (χ1) is 34.8. The first kappa shape index (κ1) is 55.6. The Bertz CT molecular complexity index is 3260. The highest BCUT2D eigenvalue weighted by Gasteiger charge is 2.55. The molecule has 16 atom stereocenters. The van der Waals surface area contributed by atoms with E-state index in [9.17, 15) is 62.4 Å². The molecule has 74 heavy (non-hydrogen) atoms. The fourth-order valence-electron chi connectivity index (χ4n) is 8.73. The number of rotatable bonds is 21. The summed E-state index contributed by atoms with van der Waals surface area (Å²) in [4.78, 5) is 103. The lowest BCUT2D eigenvalue weighted by molar-refractivity contribution is -0.746. The maximum Gasteiger partial charge on any atom is 0.490 e. The van der Waals surface area contributed by atoms with Crippen LogP contribution < -0.4 is 37.7 Å². The van der Waals surface area contributed by atoms with Gasteiger partial charge in [0.05, 0.1) is 57.7 Å². The Morgan fingerprint density at radius 2 is 1.45 bits per heavy atom. The van der Waals surface area contributed by atoms with Gasteiger partial charge < -0.3 is 78.8 Å². The number of nitrogens with zero attached hydrogens (tertiary/aromatic N) is 8. The molecule has 0 amide bonds. The van der Waals surface area contributed by atoms with Gasteiger partial charge in [-0.1, -0.05) is 4.98 Å². The number of hydrogen-bond donors (Lipinski definition) is 9. The molecule has 3 fully saturated rings. The number of phosphoric ester groups is 2. The molecule has 0 saturated carbocycles. The van der Waals surface area contributed by atoms with Gasteiger partial charge >= 0.3 is 34.8 Å². The summed E-state index contributed by atoms with van der Waals surface area (Å²) in [5.74, 6) is -1.13. The molecule has 5 aromatic heterocycles. The number of phosphoric acid groups is 3. The summed E-state index contributed by atoms with van der Waals surface area (Å²) >= 11 is 0. The van der Waals surface area contributed by atoms with Crippen molar-refractivity contribution in [2.45, 2.75) is 67.1 Å². The van der Waals surface area contributed by atoms with Crippen LogP contribution in [-0.4, -0.2) is 165 Å². The highest BCUT2D eigenvalue weighted by molar-refractivity contribution is 7.66. The summed E-state index contributed by atoms with van der Waals surface area (Å²) in [6, 6.07) is 0.921. The standard InChI is InChI=1S/C34H48N12O24P4/c1-43-13-46(28-20(43)29(50)42-33(36)41-28)31-23(61-3)14(7-60-2)15(66-31)8-64-72(54,55)69-74(58,59)70-73(56,57)65-10-17-25(24(62-4)32(68-17)45-12-39-19-26(35)37-11-38-27(19)45)71(52,53)63-9-16-21(48)22(49)30(67-16)44-6-5-18(47)40-34(44)51/h5-6,11-17,21-25,30-32,48-49H,7-10H2,1-4H3,(H9-,35,36,37,38,40,41,42,47,50,51,52,53,54,55,56,57,58,59)/t14-,15-,16-,17-,21-,22-,23-,24-,25-,30-,31-,32-/m1/s1. The number of imidazole rings is 2. The Morgan fingerprint density at radius 1 is 0.797 bits per heavy atom. The van der Waals surface area contributed by atoms with Crippen molar-refractivity contribution < 1.29 is 103 Å². The van der Waals surface area contributed by atoms with Gasteiger partial charge in [0, 0.05) is 39.5 Å². The van der Waals surface area contributed by atoms with Crippen LogP contribution in [0, 0.1) is 5.92 Å². The lowest BCUT2D eigenvalue weighted by atomic mass is 9.99. The number of aryl methyl sites for hydroxylation is 1. The van der Waals surface area contributed by atoms with Crippen molar-refractivity contribution in [3.05, 3.63) is 62.4 Å². The van der Waals surface area contributed by atoms with Gasteiger partial charge in [-0.25, -0.2) is 38.0 Å². The fraction of sp³-hybridized carbons (Fsp3) is 0.588. The van der Waals surface area contributed by atoms with Crippen LogP contribution in [0.4, 0.5) is 11.8 Å². The monoisotopic (exact) mass is 1130 g/mol. The summed E-state index contributed by atoms with van der Waals surface area (Å²) in [7, 11) is -18.2. The number of ether oxygens (including phenoxy) is 6. The summed E-state index contributed by atoms with van der Waals surface area (Å²) in [5.41, 5.74) is 7.40. The summed E-state index contributed by atoms with van der Waals surface area (Å²) in [6.07, 6.45) is -10.9. The number of nitrogens with one attached hydrogen (secondary N) is 2. The Balaban J connectivity index is 0.962. The van der Waals surface area contributed by atoms with Gasteiger partial charge in [0.15, 0.2) is 30.2 Å². The number of aliphatic hydroxyl groups excluding tert-OH is 2. The smallest absolute Gasteiger partial charge is 0.490 e. The van der Waals surface area contributed by atoms with E-state index in [-0.39, 0.29) is 40.7 Å². The molecule has 36 nitrogen and oxygen atoms in total. The molecule has 0 bridgehead atoms. The molecular weight excluding hydrogens is 1080 g/mol. The van der Waals surface area contributed by atoms with Gasteiger partial charge in [0.1, 0.15) is 50.0 Å². The van der Waals surface area contributed by atoms with Crippen molar-refractivity contribution >= 4 is 65.2 Å². The highest BCUT2D eigenvalue weighted by atomic mass is 31.3. The Hall–Kier alpha value is -4.58. The van der Waals surface area contributed by atoms with E-state index in [1.165, 1.54) is 29.7 Å². The zero-order valence-electron chi connectivity index (χ0n) is 38.7. The van der Waals surface area contributed by atoms with Crippen molar-refractivity contribution in [2.75, 3.05) is 59.2 Å². The number of methoxy groups -OCH3 is 3. The van der Waals surface area contributed by atoms with E-state index in [2.05, 4.69) is 33.5 Å². The van der Waals surface area contributed by atoms with Crippen LogP contribution in [0.1, 0.15) is 18.7 Å². The average molecular weight is 1130 g/mol. The summed E-state index contributed by atoms with van der Waals surface area (Å²) in [6.45, 7) is -3.38. The van der Waals surface area contributed by atoms with Crippen LogP contribution in [0.2, 0.25) is 0 Å². The van der Waals surface area contributed by atoms with E-state index in [1.54, 1.807) is 7.05 Å². The molecule has 0 aliphatic carbocycles. The van der Waals surface area contributed by atoms with E-state index < -0.39 is 141 Å². The minimum absolute atomic E-state index is 0.0202. The molecule has 4 unspecified atom stereocenters. The molecule has 8 rings (SSSR count). The second kappa shape index (κ2) is 21.4. The van der Waals surface area contributed by atoms with E-state index >= 15 is 0 Å². The van der Waals surface area contributed by atoms with Gasteiger partial charge in [0.2, 0.25) is 11.7 Å². The lowest BCUT2D eigenvalue weighted by Gasteiger charge is -2.35. The zero-order valence-corrected chi connectivity index (χ0v) is 42.2. The number of H-pyrrole nitrogens is 2. The minimum atomic E-state index is -6.18. The van der Waals surface area contributed by atoms with Gasteiger partial charge in [-0.3, -0.25) is 42.3 Å². The molecule has 3 saturated heterocycles. The Kier molecular flexibility index (Phi) is 16.1. The van der Waals surface area contributed by atoms with Crippen molar-refractivity contribution in [1.29, 1.82) is 0 Å². The zero-order chi connectivity index (χ0) is 53.8. The van der Waals surface area contributed by atoms with Crippen LogP contribution >= 0.6 is 31.1 Å². The number of fused-ring (bicyclic) bond motifs is 2. The summed E-state index contributed by atoms with van der Waals surface area (Å²) in [5, 5.41) is 21.5. The third-order valence-corrected chi connectivity index (χ3v) is 18.0. The number of nitrogen functional groups attached to an aromatic ring is 2. The maximum absolute atomic E-state index is 14.2. The molecule has 0 radical (unpaired) electrons. The maximum atomic E-state index is 14.2. The predicted octanol–water partition coefficient (Wildman–Crippen LogP) is -3.88. The second-order valence-electron chi connectivity index (χ2n) is 16.5. The molecule has 0 aromatic carbocycles. The quantitative estimate of drug-likeness (QED) is 0.0251. The highest BCUT2D eigenvalue weighted by Crippen LogP contribution is 2.68. The van der Waals surface area contributed by atoms with E-state index in [1.807, 2.05) is 4.98 Å². The van der Waals surface area contributed by atoms with Crippen molar-refractivity contribution in [1.82, 2.24) is 43.6 Å². The molecule has 3 aliphatic rings. The second-order valence-corrected chi connectivity index (χ2v) is 23.1. The first-order valence-electron chi connectivity index (χ1n) is 21.3. The molecule has 5 aromatic rings. The van der Waals surface area contributed by atoms with Gasteiger partial charge in [0.25, 0.3) is 17.1 Å². The SMILES string of the molecule is COC[C@H]1[C@@H](OC)[C@H]([n+]2cn(C)c3c(=O)[nH]c(N)nc32)O[C@@H]1COP(=O)(O)OP(=O)(O)OP(=O)(O)OC[C@H]1O[C@@H](n2cnc3c(N)ncnc32)[C@H](OC)[C@@H]1P(=O)([O-])OC[C@H]1O[C@@H](n2ccc(=O)[nH]c2=O)[C@H](O)[C@@H]1O. The van der Waals surface area contributed by atoms with Crippen molar-refractivity contribution in [2.24, 2.45) is 13.0 Å². The third kappa shape index (κ3) is 11.3. The Morgan fingerprint density at radius 3 is 2.09 bits per heavy atom. The molecule has 40 heteroatoms. The first-order valence-corrected chi connectivity index (χ1v) is 27.4.